The van der Waals surface area contributed by atoms with Gasteiger partial charge in [-0.15, -0.1) is 0 Å². The molecule has 70 valence electrons. The third-order valence-corrected chi connectivity index (χ3v) is 2.93. The molecule has 0 aliphatic heterocycles. The van der Waals surface area contributed by atoms with Crippen molar-refractivity contribution in [3.63, 3.8) is 0 Å². The molecule has 1 aliphatic carbocycles. The van der Waals surface area contributed by atoms with Crippen LogP contribution in [-0.2, 0) is 4.79 Å². The fraction of sp³-hybridized carbons (Fsp3) is 0.889. The lowest BCUT2D eigenvalue weighted by atomic mass is 9.79. The highest BCUT2D eigenvalue weighted by molar-refractivity contribution is 5.72. The number of hydrogen-bond donors (Lipinski definition) is 1. The van der Waals surface area contributed by atoms with Crippen molar-refractivity contribution >= 4 is 5.97 Å². The second-order valence-electron chi connectivity index (χ2n) is 4.23. The first-order valence-corrected chi connectivity index (χ1v) is 4.32. The molecule has 3 heteroatoms. The Kier molecular flexibility index (Phi) is 2.40. The first kappa shape index (κ1) is 9.49. The van der Waals surface area contributed by atoms with Crippen LogP contribution in [0.4, 0.5) is 4.39 Å². The van der Waals surface area contributed by atoms with Crippen LogP contribution in [0.3, 0.4) is 0 Å². The van der Waals surface area contributed by atoms with Gasteiger partial charge < -0.3 is 5.11 Å². The Labute approximate surface area is 71.8 Å². The molecule has 2 atom stereocenters. The maximum atomic E-state index is 13.1. The van der Waals surface area contributed by atoms with E-state index in [2.05, 4.69) is 0 Å². The van der Waals surface area contributed by atoms with Crippen molar-refractivity contribution in [2.75, 3.05) is 0 Å². The van der Waals surface area contributed by atoms with Crippen LogP contribution in [0.25, 0.3) is 0 Å². The maximum absolute atomic E-state index is 13.1. The summed E-state index contributed by atoms with van der Waals surface area (Å²) < 4.78 is 13.1. The number of alkyl halides is 1. The van der Waals surface area contributed by atoms with Gasteiger partial charge in [0, 0.05) is 5.92 Å². The van der Waals surface area contributed by atoms with Gasteiger partial charge in [-0.3, -0.25) is 0 Å². The van der Waals surface area contributed by atoms with Gasteiger partial charge >= 0.3 is 5.97 Å². The molecule has 2 unspecified atom stereocenters. The predicted molar refractivity (Wildman–Crippen MR) is 43.7 cm³/mol. The molecule has 0 spiro atoms. The molecule has 0 aromatic carbocycles. The molecule has 12 heavy (non-hydrogen) atoms. The number of carboxylic acid groups (broad SMARTS) is 1. The lowest BCUT2D eigenvalue weighted by Gasteiger charge is -2.27. The molecule has 0 heterocycles. The van der Waals surface area contributed by atoms with Crippen LogP contribution < -0.4 is 0 Å². The smallest absolute Gasteiger partial charge is 0.338 e. The first-order chi connectivity index (χ1) is 5.45. The lowest BCUT2D eigenvalue weighted by Crippen LogP contribution is -2.32. The van der Waals surface area contributed by atoms with E-state index in [1.165, 1.54) is 0 Å². The summed E-state index contributed by atoms with van der Waals surface area (Å²) in [7, 11) is 0. The Balaban J connectivity index is 2.68. The highest BCUT2D eigenvalue weighted by atomic mass is 19.1. The molecule has 0 radical (unpaired) electrons. The number of carbonyl (C=O) groups is 1. The van der Waals surface area contributed by atoms with Gasteiger partial charge in [0.25, 0.3) is 0 Å². The average Bonchev–Trinajstić information content (AvgIpc) is 2.27. The zero-order chi connectivity index (χ0) is 9.35. The Morgan fingerprint density at radius 2 is 2.25 bits per heavy atom. The van der Waals surface area contributed by atoms with Gasteiger partial charge in [-0.25, -0.2) is 9.18 Å². The number of hydrogen-bond acceptors (Lipinski definition) is 1. The second kappa shape index (κ2) is 3.04. The average molecular weight is 174 g/mol. The lowest BCUT2D eigenvalue weighted by molar-refractivity contribution is -0.146. The Morgan fingerprint density at radius 3 is 2.58 bits per heavy atom. The SMILES string of the molecule is CC1(C)CCCC1C(F)C(=O)O. The summed E-state index contributed by atoms with van der Waals surface area (Å²) in [6.45, 7) is 3.89. The van der Waals surface area contributed by atoms with Crippen molar-refractivity contribution in [1.29, 1.82) is 0 Å². The standard InChI is InChI=1S/C9H15FO2/c1-9(2)5-3-4-6(9)7(10)8(11)12/h6-7H,3-5H2,1-2H3,(H,11,12). The number of halogens is 1. The van der Waals surface area contributed by atoms with E-state index in [4.69, 9.17) is 5.11 Å². The van der Waals surface area contributed by atoms with Crippen LogP contribution in [0.5, 0.6) is 0 Å². The summed E-state index contributed by atoms with van der Waals surface area (Å²) >= 11 is 0. The molecule has 1 N–H and O–H groups in total. The topological polar surface area (TPSA) is 37.3 Å². The minimum absolute atomic E-state index is 0.141. The molecule has 1 aliphatic rings. The Bertz CT molecular complexity index is 189. The molecular formula is C9H15FO2. The summed E-state index contributed by atoms with van der Waals surface area (Å²) in [5, 5.41) is 8.50. The molecular weight excluding hydrogens is 159 g/mol. The van der Waals surface area contributed by atoms with Gasteiger partial charge in [-0.05, 0) is 18.3 Å². The summed E-state index contributed by atoms with van der Waals surface area (Å²) in [5.74, 6) is -1.61. The van der Waals surface area contributed by atoms with Crippen LogP contribution in [-0.4, -0.2) is 17.2 Å². The molecule has 2 nitrogen and oxygen atoms in total. The molecule has 1 saturated carbocycles. The second-order valence-corrected chi connectivity index (χ2v) is 4.23. The molecule has 0 amide bonds. The molecule has 1 rings (SSSR count). The van der Waals surface area contributed by atoms with Crippen molar-refractivity contribution in [3.8, 4) is 0 Å². The number of carboxylic acids is 1. The van der Waals surface area contributed by atoms with E-state index in [9.17, 15) is 9.18 Å². The third-order valence-electron chi connectivity index (χ3n) is 2.93. The quantitative estimate of drug-likeness (QED) is 0.697. The van der Waals surface area contributed by atoms with Crippen LogP contribution in [0, 0.1) is 11.3 Å². The van der Waals surface area contributed by atoms with E-state index < -0.39 is 12.1 Å². The minimum Gasteiger partial charge on any atom is -0.479 e. The van der Waals surface area contributed by atoms with E-state index in [0.29, 0.717) is 6.42 Å². The van der Waals surface area contributed by atoms with Crippen LogP contribution in [0.2, 0.25) is 0 Å². The normalized spacial score (nSPS) is 30.1. The Morgan fingerprint density at radius 1 is 1.67 bits per heavy atom. The van der Waals surface area contributed by atoms with E-state index in [1.807, 2.05) is 13.8 Å². The predicted octanol–water partition coefficient (Wildman–Crippen LogP) is 2.24. The maximum Gasteiger partial charge on any atom is 0.338 e. The van der Waals surface area contributed by atoms with E-state index in [-0.39, 0.29) is 11.3 Å². The summed E-state index contributed by atoms with van der Waals surface area (Å²) in [5.41, 5.74) is -0.141. The fourth-order valence-corrected chi connectivity index (χ4v) is 2.07. The molecule has 0 bridgehead atoms. The highest BCUT2D eigenvalue weighted by Crippen LogP contribution is 2.45. The zero-order valence-corrected chi connectivity index (χ0v) is 7.51. The summed E-state index contributed by atoms with van der Waals surface area (Å²) in [6, 6.07) is 0. The van der Waals surface area contributed by atoms with Crippen molar-refractivity contribution in [1.82, 2.24) is 0 Å². The number of aliphatic carboxylic acids is 1. The summed E-state index contributed by atoms with van der Waals surface area (Å²) in [4.78, 5) is 10.4. The molecule has 0 aromatic rings. The molecule has 1 fully saturated rings. The van der Waals surface area contributed by atoms with Crippen molar-refractivity contribution in [2.24, 2.45) is 11.3 Å². The minimum atomic E-state index is -1.68. The summed E-state index contributed by atoms with van der Waals surface area (Å²) in [6.07, 6.45) is 0.916. The first-order valence-electron chi connectivity index (χ1n) is 4.32. The van der Waals surface area contributed by atoms with Gasteiger partial charge in [0.05, 0.1) is 0 Å². The Hall–Kier alpha value is -0.600. The van der Waals surface area contributed by atoms with Gasteiger partial charge in [-0.1, -0.05) is 20.3 Å². The zero-order valence-electron chi connectivity index (χ0n) is 7.51. The largest absolute Gasteiger partial charge is 0.479 e. The molecule has 0 saturated heterocycles. The van der Waals surface area contributed by atoms with Gasteiger partial charge in [0.2, 0.25) is 0 Å². The van der Waals surface area contributed by atoms with Crippen LogP contribution >= 0.6 is 0 Å². The van der Waals surface area contributed by atoms with Crippen LogP contribution in [0.15, 0.2) is 0 Å². The molecule has 0 aromatic heterocycles. The van der Waals surface area contributed by atoms with Crippen molar-refractivity contribution in [3.05, 3.63) is 0 Å². The third kappa shape index (κ3) is 1.59. The van der Waals surface area contributed by atoms with Crippen molar-refractivity contribution in [2.45, 2.75) is 39.3 Å². The van der Waals surface area contributed by atoms with Crippen molar-refractivity contribution < 1.29 is 14.3 Å². The van der Waals surface area contributed by atoms with E-state index in [1.54, 1.807) is 0 Å². The van der Waals surface area contributed by atoms with Gasteiger partial charge in [-0.2, -0.15) is 0 Å². The van der Waals surface area contributed by atoms with Crippen LogP contribution in [0.1, 0.15) is 33.1 Å². The van der Waals surface area contributed by atoms with E-state index >= 15 is 0 Å². The van der Waals surface area contributed by atoms with E-state index in [0.717, 1.165) is 12.8 Å². The monoisotopic (exact) mass is 174 g/mol. The highest BCUT2D eigenvalue weighted by Gasteiger charge is 2.42. The van der Waals surface area contributed by atoms with Gasteiger partial charge in [0.1, 0.15) is 0 Å². The fourth-order valence-electron chi connectivity index (χ4n) is 2.07. The number of rotatable bonds is 2. The van der Waals surface area contributed by atoms with Gasteiger partial charge in [0.15, 0.2) is 6.17 Å².